The number of nitrogens with one attached hydrogen (secondary N) is 1. The number of halogens is 2. The molecule has 2 aromatic rings. The van der Waals surface area contributed by atoms with Crippen LogP contribution in [0.25, 0.3) is 0 Å². The second-order valence-corrected chi connectivity index (χ2v) is 8.41. The highest BCUT2D eigenvalue weighted by Gasteiger charge is 2.30. The van der Waals surface area contributed by atoms with Crippen LogP contribution in [0, 0.1) is 10.1 Å². The summed E-state index contributed by atoms with van der Waals surface area (Å²) >= 11 is 9.01. The van der Waals surface area contributed by atoms with Crippen LogP contribution in [-0.2, 0) is 19.6 Å². The van der Waals surface area contributed by atoms with Gasteiger partial charge in [0.1, 0.15) is 0 Å². The van der Waals surface area contributed by atoms with Crippen LogP contribution >= 0.6 is 27.5 Å². The lowest BCUT2D eigenvalue weighted by Gasteiger charge is -2.18. The molecule has 0 bridgehead atoms. The van der Waals surface area contributed by atoms with E-state index in [4.69, 9.17) is 11.6 Å². The van der Waals surface area contributed by atoms with Gasteiger partial charge in [-0.3, -0.25) is 14.9 Å². The van der Waals surface area contributed by atoms with Crippen LogP contribution in [0.15, 0.2) is 51.8 Å². The van der Waals surface area contributed by atoms with Crippen molar-refractivity contribution < 1.29 is 22.9 Å². The van der Waals surface area contributed by atoms with Gasteiger partial charge >= 0.3 is 5.97 Å². The minimum Gasteiger partial charge on any atom is -0.469 e. The number of ether oxygens (including phenoxy) is 1. The average Bonchev–Trinajstić information content (AvgIpc) is 2.60. The van der Waals surface area contributed by atoms with Gasteiger partial charge in [0, 0.05) is 15.6 Å². The van der Waals surface area contributed by atoms with Gasteiger partial charge in [0.05, 0.1) is 24.5 Å². The van der Waals surface area contributed by atoms with E-state index in [2.05, 4.69) is 25.4 Å². The van der Waals surface area contributed by atoms with E-state index in [0.717, 1.165) is 12.1 Å². The number of nitro benzene ring substituents is 1. The van der Waals surface area contributed by atoms with Crippen LogP contribution in [0.4, 0.5) is 5.69 Å². The molecule has 2 aromatic carbocycles. The van der Waals surface area contributed by atoms with E-state index in [1.54, 1.807) is 24.3 Å². The van der Waals surface area contributed by atoms with Gasteiger partial charge in [-0.05, 0) is 29.8 Å². The number of nitrogens with zero attached hydrogens (tertiary/aromatic N) is 1. The fourth-order valence-electron chi connectivity index (χ4n) is 2.31. The van der Waals surface area contributed by atoms with Gasteiger partial charge in [0.25, 0.3) is 5.69 Å². The van der Waals surface area contributed by atoms with Gasteiger partial charge in [-0.25, -0.2) is 13.1 Å². The predicted octanol–water partition coefficient (Wildman–Crippen LogP) is 3.59. The summed E-state index contributed by atoms with van der Waals surface area (Å²) in [5.41, 5.74) is -0.184. The first kappa shape index (κ1) is 21.3. The lowest BCUT2D eigenvalue weighted by molar-refractivity contribution is -0.387. The van der Waals surface area contributed by atoms with Crippen molar-refractivity contribution in [3.8, 4) is 0 Å². The molecule has 144 valence electrons. The van der Waals surface area contributed by atoms with Crippen LogP contribution in [0.5, 0.6) is 0 Å². The molecule has 0 aliphatic heterocycles. The van der Waals surface area contributed by atoms with Gasteiger partial charge in [-0.15, -0.1) is 0 Å². The molecular weight excluding hydrogens is 464 g/mol. The number of sulfonamides is 1. The molecule has 1 atom stereocenters. The van der Waals surface area contributed by atoms with Crippen molar-refractivity contribution in [1.29, 1.82) is 0 Å². The molecule has 0 spiro atoms. The third-order valence-corrected chi connectivity index (χ3v) is 5.80. The number of methoxy groups -OCH3 is 1. The number of hydrogen-bond acceptors (Lipinski definition) is 6. The maximum absolute atomic E-state index is 12.8. The monoisotopic (exact) mass is 476 g/mol. The molecule has 8 nitrogen and oxygen atoms in total. The van der Waals surface area contributed by atoms with Crippen molar-refractivity contribution in [3.05, 3.63) is 67.6 Å². The van der Waals surface area contributed by atoms with Crippen LogP contribution < -0.4 is 4.72 Å². The maximum atomic E-state index is 12.8. The largest absolute Gasteiger partial charge is 0.469 e. The quantitative estimate of drug-likeness (QED) is 0.370. The molecule has 1 unspecified atom stereocenters. The fraction of sp³-hybridized carbons (Fsp3) is 0.188. The van der Waals surface area contributed by atoms with Crippen molar-refractivity contribution in [2.45, 2.75) is 17.4 Å². The number of carbonyl (C=O) groups excluding carboxylic acids is 1. The third kappa shape index (κ3) is 5.48. The zero-order valence-corrected chi connectivity index (χ0v) is 17.0. The molecule has 0 saturated heterocycles. The molecular formula is C16H14BrClN2O6S. The van der Waals surface area contributed by atoms with Crippen molar-refractivity contribution in [3.63, 3.8) is 0 Å². The molecule has 0 aliphatic carbocycles. The standard InChI is InChI=1S/C16H14BrClN2O6S/c1-26-16(21)9-13(10-3-2-4-11(17)7-10)19-27(24,25)15-6-5-12(18)8-14(15)20(22)23/h2-8,13,19H,9H2,1H3. The molecule has 0 heterocycles. The summed E-state index contributed by atoms with van der Waals surface area (Å²) in [5, 5.41) is 11.2. The molecule has 11 heteroatoms. The molecule has 27 heavy (non-hydrogen) atoms. The first-order valence-electron chi connectivity index (χ1n) is 7.42. The SMILES string of the molecule is COC(=O)CC(NS(=O)(=O)c1ccc(Cl)cc1[N+](=O)[O-])c1cccc(Br)c1. The number of benzene rings is 2. The Morgan fingerprint density at radius 2 is 2.04 bits per heavy atom. The molecule has 0 aliphatic rings. The van der Waals surface area contributed by atoms with Gasteiger partial charge in [0.15, 0.2) is 4.90 Å². The average molecular weight is 478 g/mol. The minimum atomic E-state index is -4.34. The van der Waals surface area contributed by atoms with Crippen molar-refractivity contribution in [2.75, 3.05) is 7.11 Å². The molecule has 0 aromatic heterocycles. The van der Waals surface area contributed by atoms with E-state index in [0.29, 0.717) is 10.0 Å². The summed E-state index contributed by atoms with van der Waals surface area (Å²) in [5.74, 6) is -0.645. The Morgan fingerprint density at radius 3 is 2.63 bits per heavy atom. The lowest BCUT2D eigenvalue weighted by atomic mass is 10.1. The first-order valence-corrected chi connectivity index (χ1v) is 10.1. The number of rotatable bonds is 7. The lowest BCUT2D eigenvalue weighted by Crippen LogP contribution is -2.31. The smallest absolute Gasteiger partial charge is 0.307 e. The highest BCUT2D eigenvalue weighted by molar-refractivity contribution is 9.10. The topological polar surface area (TPSA) is 116 Å². The molecule has 0 fully saturated rings. The molecule has 0 saturated carbocycles. The fourth-order valence-corrected chi connectivity index (χ4v) is 4.27. The van der Waals surface area contributed by atoms with Gasteiger partial charge in [-0.1, -0.05) is 39.7 Å². The predicted molar refractivity (Wildman–Crippen MR) is 102 cm³/mol. The van der Waals surface area contributed by atoms with E-state index in [1.165, 1.54) is 13.2 Å². The minimum absolute atomic E-state index is 0.0266. The summed E-state index contributed by atoms with van der Waals surface area (Å²) in [4.78, 5) is 21.6. The van der Waals surface area contributed by atoms with Crippen molar-refractivity contribution in [1.82, 2.24) is 4.72 Å². The second kappa shape index (κ2) is 8.79. The van der Waals surface area contributed by atoms with Gasteiger partial charge in [0.2, 0.25) is 10.0 Å². The van der Waals surface area contributed by atoms with Crippen LogP contribution in [0.1, 0.15) is 18.0 Å². The van der Waals surface area contributed by atoms with Gasteiger partial charge in [-0.2, -0.15) is 0 Å². The van der Waals surface area contributed by atoms with E-state index in [1.807, 2.05) is 0 Å². The number of nitro groups is 1. The van der Waals surface area contributed by atoms with E-state index >= 15 is 0 Å². The van der Waals surface area contributed by atoms with Crippen molar-refractivity contribution >= 4 is 49.2 Å². The normalized spacial score (nSPS) is 12.4. The van der Waals surface area contributed by atoms with Crippen LogP contribution in [-0.4, -0.2) is 26.4 Å². The Hall–Kier alpha value is -2.01. The summed E-state index contributed by atoms with van der Waals surface area (Å²) in [7, 11) is -3.16. The van der Waals surface area contributed by atoms with E-state index < -0.39 is 37.5 Å². The number of hydrogen-bond donors (Lipinski definition) is 1. The molecule has 0 amide bonds. The zero-order chi connectivity index (χ0) is 20.2. The number of carbonyl (C=O) groups is 1. The summed E-state index contributed by atoms with van der Waals surface area (Å²) in [6.45, 7) is 0. The highest BCUT2D eigenvalue weighted by Crippen LogP contribution is 2.29. The second-order valence-electron chi connectivity index (χ2n) is 5.38. The Labute approximate surface area is 168 Å². The van der Waals surface area contributed by atoms with Gasteiger partial charge < -0.3 is 4.74 Å². The Bertz CT molecular complexity index is 983. The van der Waals surface area contributed by atoms with E-state index in [-0.39, 0.29) is 11.4 Å². The summed E-state index contributed by atoms with van der Waals surface area (Å²) in [6.07, 6.45) is -0.298. The van der Waals surface area contributed by atoms with Crippen LogP contribution in [0.3, 0.4) is 0 Å². The van der Waals surface area contributed by atoms with Crippen molar-refractivity contribution in [2.24, 2.45) is 0 Å². The third-order valence-electron chi connectivity index (χ3n) is 3.55. The van der Waals surface area contributed by atoms with E-state index in [9.17, 15) is 23.3 Å². The summed E-state index contributed by atoms with van der Waals surface area (Å²) < 4.78 is 33.2. The molecule has 0 radical (unpaired) electrons. The summed E-state index contributed by atoms with van der Waals surface area (Å²) in [6, 6.07) is 8.89. The maximum Gasteiger partial charge on any atom is 0.307 e. The Kier molecular flexibility index (Phi) is 6.93. The molecule has 1 N–H and O–H groups in total. The zero-order valence-electron chi connectivity index (χ0n) is 13.9. The first-order chi connectivity index (χ1) is 12.6. The highest BCUT2D eigenvalue weighted by atomic mass is 79.9. The number of esters is 1. The Morgan fingerprint density at radius 1 is 1.33 bits per heavy atom. The molecule has 2 rings (SSSR count). The van der Waals surface area contributed by atoms with Crippen LogP contribution in [0.2, 0.25) is 5.02 Å². The Balaban J connectivity index is 2.47.